The number of aromatic amines is 1. The molecule has 0 saturated carbocycles. The Balaban J connectivity index is 1.96. The number of carbonyl (C=O) groups is 1. The summed E-state index contributed by atoms with van der Waals surface area (Å²) in [7, 11) is 0. The Bertz CT molecular complexity index is 309. The van der Waals surface area contributed by atoms with Crippen molar-refractivity contribution in [3.8, 4) is 0 Å². The van der Waals surface area contributed by atoms with E-state index in [9.17, 15) is 4.79 Å². The molecule has 1 saturated heterocycles. The van der Waals surface area contributed by atoms with Crippen molar-refractivity contribution in [3.05, 3.63) is 18.0 Å². The van der Waals surface area contributed by atoms with Gasteiger partial charge in [-0.3, -0.25) is 9.89 Å². The Labute approximate surface area is 82.3 Å². The first-order valence-corrected chi connectivity index (χ1v) is 4.75. The van der Waals surface area contributed by atoms with E-state index in [2.05, 4.69) is 10.2 Å². The molecule has 14 heavy (non-hydrogen) atoms. The van der Waals surface area contributed by atoms with Gasteiger partial charge in [0.25, 0.3) is 0 Å². The van der Waals surface area contributed by atoms with Gasteiger partial charge in [-0.2, -0.15) is 5.10 Å². The number of nitrogens with zero attached hydrogens (tertiary/aromatic N) is 2. The molecule has 5 heteroatoms. The van der Waals surface area contributed by atoms with E-state index in [4.69, 9.17) is 5.73 Å². The molecular formula is C9H14N4O. The molecule has 1 unspecified atom stereocenters. The molecule has 0 aliphatic carbocycles. The maximum atomic E-state index is 11.5. The Morgan fingerprint density at radius 1 is 1.71 bits per heavy atom. The van der Waals surface area contributed by atoms with Crippen molar-refractivity contribution in [1.29, 1.82) is 0 Å². The van der Waals surface area contributed by atoms with Crippen molar-refractivity contribution in [3.63, 3.8) is 0 Å². The molecule has 3 N–H and O–H groups in total. The molecule has 1 fully saturated rings. The predicted molar refractivity (Wildman–Crippen MR) is 51.2 cm³/mol. The summed E-state index contributed by atoms with van der Waals surface area (Å²) in [4.78, 5) is 13.3. The number of nitrogens with two attached hydrogens (primary N) is 1. The number of aromatic nitrogens is 2. The lowest BCUT2D eigenvalue weighted by Crippen LogP contribution is -2.25. The van der Waals surface area contributed by atoms with Crippen LogP contribution in [0.1, 0.15) is 12.1 Å². The van der Waals surface area contributed by atoms with Crippen LogP contribution in [0.3, 0.4) is 0 Å². The van der Waals surface area contributed by atoms with Crippen LogP contribution < -0.4 is 5.73 Å². The van der Waals surface area contributed by atoms with E-state index in [-0.39, 0.29) is 5.91 Å². The highest BCUT2D eigenvalue weighted by molar-refractivity contribution is 5.78. The number of H-pyrrole nitrogens is 1. The average Bonchev–Trinajstić information content (AvgIpc) is 2.78. The zero-order valence-corrected chi connectivity index (χ0v) is 7.94. The lowest BCUT2D eigenvalue weighted by atomic mass is 10.1. The fourth-order valence-corrected chi connectivity index (χ4v) is 1.74. The lowest BCUT2D eigenvalue weighted by molar-refractivity contribution is -0.128. The van der Waals surface area contributed by atoms with Crippen LogP contribution in [0.25, 0.3) is 0 Å². The monoisotopic (exact) mass is 194 g/mol. The average molecular weight is 194 g/mol. The van der Waals surface area contributed by atoms with Crippen LogP contribution in [0.2, 0.25) is 0 Å². The Hall–Kier alpha value is -1.36. The molecule has 1 aromatic heterocycles. The third-order valence-corrected chi connectivity index (χ3v) is 2.55. The second-order valence-corrected chi connectivity index (χ2v) is 3.66. The quantitative estimate of drug-likeness (QED) is 0.694. The van der Waals surface area contributed by atoms with E-state index < -0.39 is 0 Å². The number of hydrogen-bond acceptors (Lipinski definition) is 3. The molecule has 5 nitrogen and oxygen atoms in total. The van der Waals surface area contributed by atoms with Crippen molar-refractivity contribution < 1.29 is 4.79 Å². The largest absolute Gasteiger partial charge is 0.336 e. The first kappa shape index (κ1) is 9.21. The van der Waals surface area contributed by atoms with Crippen molar-refractivity contribution in [1.82, 2.24) is 15.1 Å². The number of nitrogens with one attached hydrogen (secondary N) is 1. The van der Waals surface area contributed by atoms with E-state index in [1.54, 1.807) is 6.20 Å². The second kappa shape index (κ2) is 3.79. The zero-order valence-electron chi connectivity index (χ0n) is 7.94. The summed E-state index contributed by atoms with van der Waals surface area (Å²) in [5.41, 5.74) is 6.50. The van der Waals surface area contributed by atoms with Crippen molar-refractivity contribution in [2.45, 2.75) is 13.0 Å². The highest BCUT2D eigenvalue weighted by atomic mass is 16.2. The molecule has 0 spiro atoms. The van der Waals surface area contributed by atoms with Crippen LogP contribution in [-0.2, 0) is 11.3 Å². The summed E-state index contributed by atoms with van der Waals surface area (Å²) >= 11 is 0. The van der Waals surface area contributed by atoms with E-state index in [1.807, 2.05) is 11.0 Å². The Morgan fingerprint density at radius 3 is 3.14 bits per heavy atom. The standard InChI is InChI=1S/C9H14N4O/c10-4-7-3-9(14)13(5-7)6-8-1-2-11-12-8/h1-2,7H,3-6,10H2,(H,11,12). The number of hydrogen-bond donors (Lipinski definition) is 2. The van der Waals surface area contributed by atoms with Gasteiger partial charge in [0.1, 0.15) is 0 Å². The molecular weight excluding hydrogens is 180 g/mol. The number of likely N-dealkylation sites (tertiary alicyclic amines) is 1. The van der Waals surface area contributed by atoms with Crippen LogP contribution in [-0.4, -0.2) is 34.1 Å². The van der Waals surface area contributed by atoms with Gasteiger partial charge in [-0.15, -0.1) is 0 Å². The SMILES string of the molecule is NCC1CC(=O)N(Cc2ccn[nH]2)C1. The minimum Gasteiger partial charge on any atom is -0.336 e. The summed E-state index contributed by atoms with van der Waals surface area (Å²) < 4.78 is 0. The first-order valence-electron chi connectivity index (χ1n) is 4.75. The van der Waals surface area contributed by atoms with Gasteiger partial charge >= 0.3 is 0 Å². The van der Waals surface area contributed by atoms with Crippen LogP contribution in [0.4, 0.5) is 0 Å². The summed E-state index contributed by atoms with van der Waals surface area (Å²) in [5.74, 6) is 0.514. The third-order valence-electron chi connectivity index (χ3n) is 2.55. The minimum atomic E-state index is 0.190. The Kier molecular flexibility index (Phi) is 2.49. The van der Waals surface area contributed by atoms with Crippen LogP contribution in [0.15, 0.2) is 12.3 Å². The molecule has 0 aromatic carbocycles. The molecule has 1 amide bonds. The normalized spacial score (nSPS) is 21.9. The van der Waals surface area contributed by atoms with Gasteiger partial charge in [-0.1, -0.05) is 0 Å². The van der Waals surface area contributed by atoms with Gasteiger partial charge in [0.2, 0.25) is 5.91 Å². The van der Waals surface area contributed by atoms with Gasteiger partial charge in [0.05, 0.1) is 12.2 Å². The zero-order chi connectivity index (χ0) is 9.97. The summed E-state index contributed by atoms with van der Waals surface area (Å²) in [5, 5.41) is 6.68. The maximum Gasteiger partial charge on any atom is 0.223 e. The molecule has 1 aromatic rings. The van der Waals surface area contributed by atoms with Crippen molar-refractivity contribution >= 4 is 5.91 Å². The Morgan fingerprint density at radius 2 is 2.57 bits per heavy atom. The minimum absolute atomic E-state index is 0.190. The van der Waals surface area contributed by atoms with Gasteiger partial charge in [0.15, 0.2) is 0 Å². The first-order chi connectivity index (χ1) is 6.79. The number of rotatable bonds is 3. The van der Waals surface area contributed by atoms with Crippen LogP contribution in [0.5, 0.6) is 0 Å². The number of amides is 1. The van der Waals surface area contributed by atoms with Gasteiger partial charge in [-0.05, 0) is 18.5 Å². The van der Waals surface area contributed by atoms with E-state index in [0.717, 1.165) is 12.2 Å². The fourth-order valence-electron chi connectivity index (χ4n) is 1.74. The summed E-state index contributed by atoms with van der Waals surface area (Å²) in [6.45, 7) is 1.98. The topological polar surface area (TPSA) is 75.0 Å². The fraction of sp³-hybridized carbons (Fsp3) is 0.556. The van der Waals surface area contributed by atoms with Crippen LogP contribution >= 0.6 is 0 Å². The summed E-state index contributed by atoms with van der Waals surface area (Å²) in [6, 6.07) is 1.88. The maximum absolute atomic E-state index is 11.5. The smallest absolute Gasteiger partial charge is 0.223 e. The molecule has 1 aliphatic heterocycles. The summed E-state index contributed by atoms with van der Waals surface area (Å²) in [6.07, 6.45) is 2.28. The molecule has 1 atom stereocenters. The molecule has 0 bridgehead atoms. The van der Waals surface area contributed by atoms with Gasteiger partial charge < -0.3 is 10.6 Å². The molecule has 2 rings (SSSR count). The van der Waals surface area contributed by atoms with E-state index >= 15 is 0 Å². The van der Waals surface area contributed by atoms with Crippen molar-refractivity contribution in [2.24, 2.45) is 11.7 Å². The molecule has 1 aliphatic rings. The highest BCUT2D eigenvalue weighted by Crippen LogP contribution is 2.18. The van der Waals surface area contributed by atoms with Gasteiger partial charge in [0, 0.05) is 19.2 Å². The predicted octanol–water partition coefficient (Wildman–Crippen LogP) is -0.283. The number of carbonyl (C=O) groups excluding carboxylic acids is 1. The van der Waals surface area contributed by atoms with Crippen LogP contribution in [0, 0.1) is 5.92 Å². The molecule has 76 valence electrons. The molecule has 2 heterocycles. The lowest BCUT2D eigenvalue weighted by Gasteiger charge is -2.14. The second-order valence-electron chi connectivity index (χ2n) is 3.66. The van der Waals surface area contributed by atoms with E-state index in [0.29, 0.717) is 25.4 Å². The van der Waals surface area contributed by atoms with E-state index in [1.165, 1.54) is 0 Å². The third kappa shape index (κ3) is 1.77. The molecule has 0 radical (unpaired) electrons. The van der Waals surface area contributed by atoms with Crippen molar-refractivity contribution in [2.75, 3.05) is 13.1 Å². The van der Waals surface area contributed by atoms with Gasteiger partial charge in [-0.25, -0.2) is 0 Å². The highest BCUT2D eigenvalue weighted by Gasteiger charge is 2.28.